The van der Waals surface area contributed by atoms with E-state index in [4.69, 9.17) is 26.8 Å². The van der Waals surface area contributed by atoms with Crippen molar-refractivity contribution < 1.29 is 14.3 Å². The molecule has 1 aromatic rings. The predicted molar refractivity (Wildman–Crippen MR) is 66.7 cm³/mol. The maximum Gasteiger partial charge on any atom is 0.210 e. The highest BCUT2D eigenvalue weighted by Crippen LogP contribution is 2.29. The number of ether oxygens (including phenoxy) is 2. The fraction of sp³-hybridized carbons (Fsp3) is 0.417. The van der Waals surface area contributed by atoms with Crippen molar-refractivity contribution in [3.63, 3.8) is 0 Å². The molecule has 1 rings (SSSR count). The monoisotopic (exact) mass is 257 g/mol. The molecule has 0 bridgehead atoms. The van der Waals surface area contributed by atoms with E-state index < -0.39 is 6.23 Å². The van der Waals surface area contributed by atoms with Gasteiger partial charge in [0, 0.05) is 11.6 Å². The first-order valence-electron chi connectivity index (χ1n) is 5.27. The zero-order chi connectivity index (χ0) is 13.0. The predicted octanol–water partition coefficient (Wildman–Crippen LogP) is 2.16. The number of benzene rings is 1. The summed E-state index contributed by atoms with van der Waals surface area (Å²) in [6.07, 6.45) is -0.994. The number of methoxy groups -OCH3 is 1. The molecule has 0 aromatic heterocycles. The van der Waals surface area contributed by atoms with E-state index in [2.05, 4.69) is 0 Å². The lowest BCUT2D eigenvalue weighted by molar-refractivity contribution is 0.0476. The minimum Gasteiger partial charge on any atom is -0.496 e. The molecule has 0 fully saturated rings. The molecule has 0 heterocycles. The highest BCUT2D eigenvalue weighted by molar-refractivity contribution is 6.32. The van der Waals surface area contributed by atoms with Gasteiger partial charge in [-0.25, -0.2) is 0 Å². The summed E-state index contributed by atoms with van der Waals surface area (Å²) in [6, 6.07) is 3.32. The third-order valence-electron chi connectivity index (χ3n) is 2.43. The number of hydrogen-bond acceptors (Lipinski definition) is 4. The zero-order valence-electron chi connectivity index (χ0n) is 10.1. The lowest BCUT2D eigenvalue weighted by Gasteiger charge is -2.15. The minimum atomic E-state index is -0.994. The molecule has 1 unspecified atom stereocenters. The molecule has 0 radical (unpaired) electrons. The van der Waals surface area contributed by atoms with Crippen molar-refractivity contribution in [3.05, 3.63) is 28.3 Å². The maximum atomic E-state index is 12.1. The number of hydrogen-bond donors (Lipinski definition) is 1. The van der Waals surface area contributed by atoms with Crippen LogP contribution in [-0.2, 0) is 4.74 Å². The van der Waals surface area contributed by atoms with Gasteiger partial charge in [-0.2, -0.15) is 0 Å². The number of Topliss-reactive ketones (excluding diaryl/α,β-unsaturated/α-hetero) is 1. The van der Waals surface area contributed by atoms with Gasteiger partial charge in [-0.3, -0.25) is 10.5 Å². The van der Waals surface area contributed by atoms with Crippen LogP contribution in [0.1, 0.15) is 22.8 Å². The Kier molecular flexibility index (Phi) is 4.93. The largest absolute Gasteiger partial charge is 0.496 e. The molecule has 4 nitrogen and oxygen atoms in total. The van der Waals surface area contributed by atoms with E-state index in [9.17, 15) is 4.79 Å². The van der Waals surface area contributed by atoms with Gasteiger partial charge in [0.05, 0.1) is 12.7 Å². The third kappa shape index (κ3) is 2.97. The average Bonchev–Trinajstić information content (AvgIpc) is 2.32. The SMILES string of the molecule is CCOC(N)C(=O)c1c(OC)ccc(Cl)c1C. The maximum absolute atomic E-state index is 12.1. The Bertz CT molecular complexity index is 420. The van der Waals surface area contributed by atoms with Crippen molar-refractivity contribution in [3.8, 4) is 5.75 Å². The molecule has 5 heteroatoms. The van der Waals surface area contributed by atoms with Crippen molar-refractivity contribution in [2.45, 2.75) is 20.1 Å². The fourth-order valence-electron chi connectivity index (χ4n) is 1.54. The van der Waals surface area contributed by atoms with Crippen LogP contribution in [0.25, 0.3) is 0 Å². The molecule has 0 aliphatic rings. The molecule has 17 heavy (non-hydrogen) atoms. The van der Waals surface area contributed by atoms with Crippen LogP contribution >= 0.6 is 11.6 Å². The molecule has 0 saturated carbocycles. The third-order valence-corrected chi connectivity index (χ3v) is 2.84. The van der Waals surface area contributed by atoms with Crippen molar-refractivity contribution in [1.29, 1.82) is 0 Å². The molecule has 0 spiro atoms. The Labute approximate surface area is 106 Å². The second-order valence-electron chi connectivity index (χ2n) is 3.49. The van der Waals surface area contributed by atoms with E-state index in [1.54, 1.807) is 26.0 Å². The van der Waals surface area contributed by atoms with Gasteiger partial charge in [-0.15, -0.1) is 0 Å². The number of carbonyl (C=O) groups excluding carboxylic acids is 1. The van der Waals surface area contributed by atoms with Gasteiger partial charge in [-0.05, 0) is 31.5 Å². The van der Waals surface area contributed by atoms with Crippen LogP contribution in [0.5, 0.6) is 5.75 Å². The van der Waals surface area contributed by atoms with Gasteiger partial charge in [-0.1, -0.05) is 11.6 Å². The molecular formula is C12H16ClNO3. The lowest BCUT2D eigenvalue weighted by Crippen LogP contribution is -2.34. The summed E-state index contributed by atoms with van der Waals surface area (Å²) in [4.78, 5) is 12.1. The van der Waals surface area contributed by atoms with Gasteiger partial charge in [0.15, 0.2) is 6.23 Å². The molecule has 0 aliphatic heterocycles. The Hall–Kier alpha value is -1.10. The Morgan fingerprint density at radius 3 is 2.71 bits per heavy atom. The topological polar surface area (TPSA) is 61.5 Å². The molecule has 0 aliphatic carbocycles. The van der Waals surface area contributed by atoms with Crippen molar-refractivity contribution >= 4 is 17.4 Å². The molecule has 1 aromatic carbocycles. The van der Waals surface area contributed by atoms with Gasteiger partial charge in [0.2, 0.25) is 5.78 Å². The van der Waals surface area contributed by atoms with E-state index in [1.807, 2.05) is 0 Å². The molecule has 0 saturated heterocycles. The summed E-state index contributed by atoms with van der Waals surface area (Å²) in [7, 11) is 1.49. The molecule has 2 N–H and O–H groups in total. The Balaban J connectivity index is 3.19. The van der Waals surface area contributed by atoms with E-state index in [0.717, 1.165) is 0 Å². The molecule has 94 valence electrons. The average molecular weight is 258 g/mol. The zero-order valence-corrected chi connectivity index (χ0v) is 10.9. The summed E-state index contributed by atoms with van der Waals surface area (Å²) in [6.45, 7) is 3.89. The molecule has 0 amide bonds. The summed E-state index contributed by atoms with van der Waals surface area (Å²) in [5, 5.41) is 0.498. The second kappa shape index (κ2) is 6.00. The summed E-state index contributed by atoms with van der Waals surface area (Å²) in [5.74, 6) is 0.121. The Morgan fingerprint density at radius 1 is 1.53 bits per heavy atom. The standard InChI is InChI=1S/C12H16ClNO3/c1-4-17-12(14)11(15)10-7(2)8(13)5-6-9(10)16-3/h5-6,12H,4,14H2,1-3H3. The number of carbonyl (C=O) groups is 1. The number of nitrogens with two attached hydrogens (primary N) is 1. The van der Waals surface area contributed by atoms with Gasteiger partial charge >= 0.3 is 0 Å². The number of rotatable bonds is 5. The van der Waals surface area contributed by atoms with Gasteiger partial charge in [0.25, 0.3) is 0 Å². The first-order valence-corrected chi connectivity index (χ1v) is 5.65. The number of ketones is 1. The lowest BCUT2D eigenvalue weighted by atomic mass is 10.0. The van der Waals surface area contributed by atoms with Gasteiger partial charge in [0.1, 0.15) is 5.75 Å². The quantitative estimate of drug-likeness (QED) is 0.649. The second-order valence-corrected chi connectivity index (χ2v) is 3.90. The van der Waals surface area contributed by atoms with Crippen LogP contribution in [0.15, 0.2) is 12.1 Å². The van der Waals surface area contributed by atoms with Crippen LogP contribution in [0.3, 0.4) is 0 Å². The van der Waals surface area contributed by atoms with E-state index >= 15 is 0 Å². The molecule has 1 atom stereocenters. The van der Waals surface area contributed by atoms with Crippen LogP contribution in [0.2, 0.25) is 5.02 Å². The Morgan fingerprint density at radius 2 is 2.18 bits per heavy atom. The van der Waals surface area contributed by atoms with Crippen molar-refractivity contribution in [2.75, 3.05) is 13.7 Å². The summed E-state index contributed by atoms with van der Waals surface area (Å²) in [5.41, 5.74) is 6.65. The number of halogens is 1. The van der Waals surface area contributed by atoms with Crippen LogP contribution in [0, 0.1) is 6.92 Å². The first kappa shape index (κ1) is 14.0. The highest BCUT2D eigenvalue weighted by atomic mass is 35.5. The van der Waals surface area contributed by atoms with E-state index in [0.29, 0.717) is 28.5 Å². The van der Waals surface area contributed by atoms with Crippen LogP contribution < -0.4 is 10.5 Å². The first-order chi connectivity index (χ1) is 8.02. The summed E-state index contributed by atoms with van der Waals surface area (Å²) < 4.78 is 10.2. The van der Waals surface area contributed by atoms with Crippen molar-refractivity contribution in [1.82, 2.24) is 0 Å². The fourth-order valence-corrected chi connectivity index (χ4v) is 1.69. The minimum absolute atomic E-state index is 0.330. The smallest absolute Gasteiger partial charge is 0.210 e. The van der Waals surface area contributed by atoms with E-state index in [-0.39, 0.29) is 5.78 Å². The molecular weight excluding hydrogens is 242 g/mol. The van der Waals surface area contributed by atoms with Crippen molar-refractivity contribution in [2.24, 2.45) is 5.73 Å². The van der Waals surface area contributed by atoms with Crippen LogP contribution in [-0.4, -0.2) is 25.7 Å². The van der Waals surface area contributed by atoms with Crippen LogP contribution in [0.4, 0.5) is 0 Å². The van der Waals surface area contributed by atoms with E-state index in [1.165, 1.54) is 7.11 Å². The summed E-state index contributed by atoms with van der Waals surface area (Å²) >= 11 is 5.98. The normalized spacial score (nSPS) is 12.3. The highest BCUT2D eigenvalue weighted by Gasteiger charge is 2.23. The van der Waals surface area contributed by atoms with Gasteiger partial charge < -0.3 is 9.47 Å².